The molecule has 0 fully saturated rings. The Morgan fingerprint density at radius 2 is 1.70 bits per heavy atom. The van der Waals surface area contributed by atoms with Crippen LogP contribution in [0.5, 0.6) is 0 Å². The lowest BCUT2D eigenvalue weighted by atomic mass is 10.1. The molecular weight excluding hydrogens is 404 g/mol. The van der Waals surface area contributed by atoms with Crippen LogP contribution < -0.4 is 9.62 Å². The highest BCUT2D eigenvalue weighted by Crippen LogP contribution is 2.41. The Kier molecular flexibility index (Phi) is 5.17. The van der Waals surface area contributed by atoms with Gasteiger partial charge < -0.3 is 10.1 Å². The molecule has 0 bridgehead atoms. The number of anilines is 2. The van der Waals surface area contributed by atoms with Crippen LogP contribution in [0, 0.1) is 0 Å². The van der Waals surface area contributed by atoms with Gasteiger partial charge in [-0.05, 0) is 48.2 Å². The molecule has 0 aliphatic carbocycles. The van der Waals surface area contributed by atoms with Crippen LogP contribution in [0.3, 0.4) is 0 Å². The number of carbonyl (C=O) groups excluding carboxylic acids is 2. The maximum absolute atomic E-state index is 12.9. The van der Waals surface area contributed by atoms with Crippen molar-refractivity contribution in [2.24, 2.45) is 0 Å². The fraction of sp³-hybridized carbons (Fsp3) is 0.182. The van der Waals surface area contributed by atoms with E-state index in [4.69, 9.17) is 0 Å². The molecule has 0 radical (unpaired) electrons. The maximum atomic E-state index is 12.9. The highest BCUT2D eigenvalue weighted by atomic mass is 32.2. The van der Waals surface area contributed by atoms with Gasteiger partial charge >= 0.3 is 5.97 Å². The number of esters is 1. The highest BCUT2D eigenvalue weighted by molar-refractivity contribution is 7.93. The largest absolute Gasteiger partial charge is 0.465 e. The number of nitrogens with zero attached hydrogens (tertiary/aromatic N) is 1. The lowest BCUT2D eigenvalue weighted by molar-refractivity contribution is -0.116. The number of benzene rings is 3. The molecule has 3 aromatic carbocycles. The summed E-state index contributed by atoms with van der Waals surface area (Å²) in [4.78, 5) is 24.0. The molecule has 1 amide bonds. The zero-order valence-corrected chi connectivity index (χ0v) is 17.1. The third-order valence-corrected chi connectivity index (χ3v) is 6.89. The van der Waals surface area contributed by atoms with Crippen LogP contribution in [0.2, 0.25) is 0 Å². The van der Waals surface area contributed by atoms with E-state index < -0.39 is 16.0 Å². The average molecular weight is 424 g/mol. The summed E-state index contributed by atoms with van der Waals surface area (Å²) < 4.78 is 31.9. The number of sulfonamides is 1. The van der Waals surface area contributed by atoms with Gasteiger partial charge in [-0.2, -0.15) is 0 Å². The normalized spacial score (nSPS) is 14.0. The summed E-state index contributed by atoms with van der Waals surface area (Å²) in [7, 11) is -2.31. The van der Waals surface area contributed by atoms with Gasteiger partial charge in [-0.15, -0.1) is 0 Å². The van der Waals surface area contributed by atoms with E-state index in [-0.39, 0.29) is 18.9 Å². The summed E-state index contributed by atoms with van der Waals surface area (Å²) in [6.07, 6.45) is 0.535. The van der Waals surface area contributed by atoms with Gasteiger partial charge in [-0.1, -0.05) is 24.3 Å². The van der Waals surface area contributed by atoms with Gasteiger partial charge in [0.1, 0.15) is 0 Å². The molecular formula is C22H20N2O5S. The van der Waals surface area contributed by atoms with Crippen molar-refractivity contribution in [3.05, 3.63) is 66.2 Å². The van der Waals surface area contributed by atoms with E-state index in [1.54, 1.807) is 42.5 Å². The molecule has 0 spiro atoms. The molecule has 0 unspecified atom stereocenters. The van der Waals surface area contributed by atoms with E-state index in [0.717, 1.165) is 10.8 Å². The Morgan fingerprint density at radius 1 is 1.00 bits per heavy atom. The van der Waals surface area contributed by atoms with Crippen LogP contribution in [-0.2, 0) is 19.6 Å². The Labute approximate surface area is 174 Å². The van der Waals surface area contributed by atoms with Gasteiger partial charge in [0.05, 0.1) is 23.3 Å². The molecule has 0 saturated heterocycles. The second-order valence-electron chi connectivity index (χ2n) is 6.93. The number of ether oxygens (including phenoxy) is 1. The van der Waals surface area contributed by atoms with Crippen LogP contribution in [-0.4, -0.2) is 33.9 Å². The van der Waals surface area contributed by atoms with Gasteiger partial charge in [0, 0.05) is 24.0 Å². The number of methoxy groups -OCH3 is 1. The van der Waals surface area contributed by atoms with E-state index in [2.05, 4.69) is 10.1 Å². The van der Waals surface area contributed by atoms with Crippen molar-refractivity contribution in [3.63, 3.8) is 0 Å². The van der Waals surface area contributed by atoms with Gasteiger partial charge in [-0.3, -0.25) is 9.10 Å². The molecule has 1 aliphatic rings. The first-order chi connectivity index (χ1) is 14.4. The minimum Gasteiger partial charge on any atom is -0.465 e. The lowest BCUT2D eigenvalue weighted by Crippen LogP contribution is -2.28. The van der Waals surface area contributed by atoms with Crippen molar-refractivity contribution in [2.75, 3.05) is 23.3 Å². The van der Waals surface area contributed by atoms with Crippen LogP contribution in [0.1, 0.15) is 23.2 Å². The number of carbonyl (C=O) groups is 2. The van der Waals surface area contributed by atoms with E-state index in [0.29, 0.717) is 28.3 Å². The SMILES string of the molecule is COC(=O)c1ccc(NC(=O)CCCN2c3cccc4cccc(c34)S2(=O)=O)cc1. The van der Waals surface area contributed by atoms with E-state index in [9.17, 15) is 18.0 Å². The fourth-order valence-electron chi connectivity index (χ4n) is 3.61. The van der Waals surface area contributed by atoms with Gasteiger partial charge in [0.2, 0.25) is 5.91 Å². The average Bonchev–Trinajstić information content (AvgIpc) is 2.97. The number of nitrogens with one attached hydrogen (secondary N) is 1. The molecule has 3 aromatic rings. The maximum Gasteiger partial charge on any atom is 0.337 e. The molecule has 1 N–H and O–H groups in total. The highest BCUT2D eigenvalue weighted by Gasteiger charge is 2.35. The number of hydrogen-bond acceptors (Lipinski definition) is 5. The van der Waals surface area contributed by atoms with Crippen LogP contribution in [0.4, 0.5) is 11.4 Å². The van der Waals surface area contributed by atoms with Gasteiger partial charge in [0.15, 0.2) is 0 Å². The summed E-state index contributed by atoms with van der Waals surface area (Å²) in [5, 5.41) is 4.36. The molecule has 1 heterocycles. The van der Waals surface area contributed by atoms with Crippen molar-refractivity contribution in [2.45, 2.75) is 17.7 Å². The molecule has 7 nitrogen and oxygen atoms in total. The van der Waals surface area contributed by atoms with Crippen molar-refractivity contribution >= 4 is 44.0 Å². The fourth-order valence-corrected chi connectivity index (χ4v) is 5.36. The number of amides is 1. The number of rotatable bonds is 6. The zero-order valence-electron chi connectivity index (χ0n) is 16.3. The van der Waals surface area contributed by atoms with Crippen LogP contribution in [0.25, 0.3) is 10.8 Å². The van der Waals surface area contributed by atoms with Crippen molar-refractivity contribution in [1.82, 2.24) is 0 Å². The minimum absolute atomic E-state index is 0.164. The van der Waals surface area contributed by atoms with E-state index >= 15 is 0 Å². The second kappa shape index (κ2) is 7.79. The van der Waals surface area contributed by atoms with Gasteiger partial charge in [0.25, 0.3) is 10.0 Å². The summed E-state index contributed by atoms with van der Waals surface area (Å²) in [6.45, 7) is 0.213. The van der Waals surface area contributed by atoms with Crippen molar-refractivity contribution < 1.29 is 22.7 Å². The minimum atomic E-state index is -3.61. The molecule has 8 heteroatoms. The number of hydrogen-bond donors (Lipinski definition) is 1. The Morgan fingerprint density at radius 3 is 2.40 bits per heavy atom. The smallest absolute Gasteiger partial charge is 0.337 e. The molecule has 0 saturated carbocycles. The quantitative estimate of drug-likeness (QED) is 0.611. The topological polar surface area (TPSA) is 92.8 Å². The van der Waals surface area contributed by atoms with E-state index in [1.807, 2.05) is 18.2 Å². The van der Waals surface area contributed by atoms with E-state index in [1.165, 1.54) is 11.4 Å². The standard InChI is InChI=1S/C22H20N2O5S/c1-29-22(26)16-10-12-17(13-11-16)23-20(25)9-4-14-24-18-7-2-5-15-6-3-8-19(21(15)18)30(24,27)28/h2-3,5-8,10-13H,4,9,14H2,1H3,(H,23,25). The summed E-state index contributed by atoms with van der Waals surface area (Å²) >= 11 is 0. The van der Waals surface area contributed by atoms with Crippen molar-refractivity contribution in [1.29, 1.82) is 0 Å². The molecule has 154 valence electrons. The molecule has 1 aliphatic heterocycles. The molecule has 4 rings (SSSR count). The van der Waals surface area contributed by atoms with Crippen LogP contribution >= 0.6 is 0 Å². The third-order valence-electron chi connectivity index (χ3n) is 5.04. The van der Waals surface area contributed by atoms with Gasteiger partial charge in [-0.25, -0.2) is 13.2 Å². The first kappa shape index (κ1) is 19.9. The second-order valence-corrected chi connectivity index (χ2v) is 8.76. The first-order valence-electron chi connectivity index (χ1n) is 9.44. The third kappa shape index (κ3) is 3.50. The monoisotopic (exact) mass is 424 g/mol. The summed E-state index contributed by atoms with van der Waals surface area (Å²) in [5.41, 5.74) is 1.60. The Hall–Kier alpha value is -3.39. The zero-order chi connectivity index (χ0) is 21.3. The van der Waals surface area contributed by atoms with Crippen LogP contribution in [0.15, 0.2) is 65.6 Å². The van der Waals surface area contributed by atoms with Crippen molar-refractivity contribution in [3.8, 4) is 0 Å². The molecule has 30 heavy (non-hydrogen) atoms. The Bertz CT molecular complexity index is 1230. The lowest BCUT2D eigenvalue weighted by Gasteiger charge is -2.18. The summed E-state index contributed by atoms with van der Waals surface area (Å²) in [6, 6.07) is 17.1. The molecule has 0 aromatic heterocycles. The Balaban J connectivity index is 1.39. The predicted molar refractivity (Wildman–Crippen MR) is 114 cm³/mol. The first-order valence-corrected chi connectivity index (χ1v) is 10.9. The predicted octanol–water partition coefficient (Wildman–Crippen LogP) is 3.55. The molecule has 0 atom stereocenters. The summed E-state index contributed by atoms with van der Waals surface area (Å²) in [5.74, 6) is -0.677.